The Bertz CT molecular complexity index is 181. The number of carbonyl (C=O) groups is 1. The molecule has 0 radical (unpaired) electrons. The molecule has 16 heavy (non-hydrogen) atoms. The van der Waals surface area contributed by atoms with E-state index in [-0.39, 0.29) is 5.97 Å². The minimum atomic E-state index is -0.0437. The van der Waals surface area contributed by atoms with Crippen LogP contribution in [0.1, 0.15) is 72.6 Å². The quantitative estimate of drug-likeness (QED) is 0.549. The van der Waals surface area contributed by atoms with Gasteiger partial charge in [0.05, 0.1) is 6.61 Å². The molecule has 0 spiro atoms. The highest BCUT2D eigenvalue weighted by Crippen LogP contribution is 2.34. The van der Waals surface area contributed by atoms with Gasteiger partial charge in [-0.3, -0.25) is 4.79 Å². The van der Waals surface area contributed by atoms with Crippen LogP contribution < -0.4 is 0 Å². The lowest BCUT2D eigenvalue weighted by atomic mass is 9.77. The van der Waals surface area contributed by atoms with Crippen molar-refractivity contribution in [3.8, 4) is 0 Å². The zero-order valence-electron chi connectivity index (χ0n) is 11.5. The van der Waals surface area contributed by atoms with Gasteiger partial charge < -0.3 is 4.74 Å². The van der Waals surface area contributed by atoms with Crippen molar-refractivity contribution >= 4 is 5.97 Å². The molecule has 0 aliphatic carbocycles. The molecule has 2 nitrogen and oxygen atoms in total. The number of carbonyl (C=O) groups excluding carboxylic acids is 1. The molecule has 96 valence electrons. The Balaban J connectivity index is 3.88. The molecule has 0 unspecified atom stereocenters. The second-order valence-electron chi connectivity index (χ2n) is 4.97. The second-order valence-corrected chi connectivity index (χ2v) is 4.97. The second kappa shape index (κ2) is 8.60. The summed E-state index contributed by atoms with van der Waals surface area (Å²) in [6.07, 6.45) is 7.69. The van der Waals surface area contributed by atoms with Crippen molar-refractivity contribution in [2.75, 3.05) is 6.61 Å². The van der Waals surface area contributed by atoms with Crippen LogP contribution in [-0.4, -0.2) is 12.6 Å². The van der Waals surface area contributed by atoms with Crippen LogP contribution in [0.15, 0.2) is 0 Å². The minimum Gasteiger partial charge on any atom is -0.466 e. The van der Waals surface area contributed by atoms with Gasteiger partial charge in [-0.05, 0) is 38.0 Å². The predicted octanol–water partition coefficient (Wildman–Crippen LogP) is 4.33. The van der Waals surface area contributed by atoms with Gasteiger partial charge in [0.25, 0.3) is 0 Å². The number of hydrogen-bond donors (Lipinski definition) is 0. The van der Waals surface area contributed by atoms with Crippen molar-refractivity contribution in [3.63, 3.8) is 0 Å². The lowest BCUT2D eigenvalue weighted by Crippen LogP contribution is -2.16. The van der Waals surface area contributed by atoms with Crippen LogP contribution in [0.5, 0.6) is 0 Å². The molecule has 0 aromatic rings. The van der Waals surface area contributed by atoms with E-state index >= 15 is 0 Å². The SMILES string of the molecule is CCCC(C)(CCC)CCCC(=O)OCC. The van der Waals surface area contributed by atoms with E-state index in [0.29, 0.717) is 18.4 Å². The van der Waals surface area contributed by atoms with Crippen molar-refractivity contribution in [3.05, 3.63) is 0 Å². The van der Waals surface area contributed by atoms with E-state index in [9.17, 15) is 4.79 Å². The number of rotatable bonds is 9. The van der Waals surface area contributed by atoms with Gasteiger partial charge in [-0.25, -0.2) is 0 Å². The maximum Gasteiger partial charge on any atom is 0.305 e. The van der Waals surface area contributed by atoms with Crippen molar-refractivity contribution < 1.29 is 9.53 Å². The van der Waals surface area contributed by atoms with Crippen LogP contribution >= 0.6 is 0 Å². The average Bonchev–Trinajstić information content (AvgIpc) is 2.18. The third-order valence-electron chi connectivity index (χ3n) is 3.17. The third kappa shape index (κ3) is 6.86. The minimum absolute atomic E-state index is 0.0437. The largest absolute Gasteiger partial charge is 0.466 e. The molecular formula is C14H28O2. The molecule has 0 N–H and O–H groups in total. The summed E-state index contributed by atoms with van der Waals surface area (Å²) >= 11 is 0. The normalized spacial score (nSPS) is 11.5. The molecule has 0 atom stereocenters. The van der Waals surface area contributed by atoms with Crippen LogP contribution in [0.3, 0.4) is 0 Å². The lowest BCUT2D eigenvalue weighted by molar-refractivity contribution is -0.143. The van der Waals surface area contributed by atoms with Crippen molar-refractivity contribution in [1.82, 2.24) is 0 Å². The zero-order valence-corrected chi connectivity index (χ0v) is 11.5. The summed E-state index contributed by atoms with van der Waals surface area (Å²) in [6.45, 7) is 9.18. The standard InChI is InChI=1S/C14H28O2/c1-5-10-14(4,11-6-2)12-8-9-13(15)16-7-3/h5-12H2,1-4H3. The van der Waals surface area contributed by atoms with E-state index in [0.717, 1.165) is 12.8 Å². The highest BCUT2D eigenvalue weighted by Gasteiger charge is 2.22. The molecule has 0 fully saturated rings. The topological polar surface area (TPSA) is 26.3 Å². The highest BCUT2D eigenvalue weighted by molar-refractivity contribution is 5.69. The van der Waals surface area contributed by atoms with Crippen LogP contribution in [0, 0.1) is 5.41 Å². The highest BCUT2D eigenvalue weighted by atomic mass is 16.5. The first-order chi connectivity index (χ1) is 7.58. The fourth-order valence-corrected chi connectivity index (χ4v) is 2.47. The van der Waals surface area contributed by atoms with E-state index in [4.69, 9.17) is 4.74 Å². The van der Waals surface area contributed by atoms with Crippen molar-refractivity contribution in [1.29, 1.82) is 0 Å². The summed E-state index contributed by atoms with van der Waals surface area (Å²) in [5.41, 5.74) is 0.427. The molecule has 2 heteroatoms. The molecule has 0 aliphatic rings. The molecule has 0 aliphatic heterocycles. The Morgan fingerprint density at radius 1 is 1.06 bits per heavy atom. The van der Waals surface area contributed by atoms with Gasteiger partial charge in [-0.2, -0.15) is 0 Å². The first-order valence-corrected chi connectivity index (χ1v) is 6.73. The van der Waals surface area contributed by atoms with Gasteiger partial charge in [0.1, 0.15) is 0 Å². The summed E-state index contributed by atoms with van der Waals surface area (Å²) < 4.78 is 4.94. The van der Waals surface area contributed by atoms with E-state index in [1.54, 1.807) is 0 Å². The van der Waals surface area contributed by atoms with Gasteiger partial charge in [0.15, 0.2) is 0 Å². The van der Waals surface area contributed by atoms with Gasteiger partial charge >= 0.3 is 5.97 Å². The molecule has 0 amide bonds. The van der Waals surface area contributed by atoms with Gasteiger partial charge in [0.2, 0.25) is 0 Å². The average molecular weight is 228 g/mol. The van der Waals surface area contributed by atoms with Crippen LogP contribution in [0.25, 0.3) is 0 Å². The Labute approximate surface area is 101 Å². The molecule has 0 saturated heterocycles. The monoisotopic (exact) mass is 228 g/mol. The molecule has 0 bridgehead atoms. The first kappa shape index (κ1) is 15.5. The predicted molar refractivity (Wildman–Crippen MR) is 68.4 cm³/mol. The Hall–Kier alpha value is -0.530. The van der Waals surface area contributed by atoms with Gasteiger partial charge in [0, 0.05) is 6.42 Å². The van der Waals surface area contributed by atoms with E-state index < -0.39 is 0 Å². The van der Waals surface area contributed by atoms with E-state index in [1.165, 1.54) is 25.7 Å². The number of esters is 1. The smallest absolute Gasteiger partial charge is 0.305 e. The van der Waals surface area contributed by atoms with Crippen LogP contribution in [0.2, 0.25) is 0 Å². The maximum absolute atomic E-state index is 11.2. The molecule has 0 aromatic carbocycles. The Morgan fingerprint density at radius 2 is 1.62 bits per heavy atom. The molecular weight excluding hydrogens is 200 g/mol. The molecule has 0 rings (SSSR count). The maximum atomic E-state index is 11.2. The van der Waals surface area contributed by atoms with E-state index in [1.807, 2.05) is 6.92 Å². The van der Waals surface area contributed by atoms with Crippen LogP contribution in [-0.2, 0) is 9.53 Å². The summed E-state index contributed by atoms with van der Waals surface area (Å²) in [6, 6.07) is 0. The van der Waals surface area contributed by atoms with Crippen molar-refractivity contribution in [2.45, 2.75) is 72.6 Å². The number of ether oxygens (including phenoxy) is 1. The molecule has 0 saturated carbocycles. The first-order valence-electron chi connectivity index (χ1n) is 6.73. The Morgan fingerprint density at radius 3 is 2.06 bits per heavy atom. The van der Waals surface area contributed by atoms with Gasteiger partial charge in [-0.15, -0.1) is 0 Å². The summed E-state index contributed by atoms with van der Waals surface area (Å²) in [7, 11) is 0. The Kier molecular flexibility index (Phi) is 8.32. The summed E-state index contributed by atoms with van der Waals surface area (Å²) in [5, 5.41) is 0. The van der Waals surface area contributed by atoms with Gasteiger partial charge in [-0.1, -0.05) is 33.6 Å². The summed E-state index contributed by atoms with van der Waals surface area (Å²) in [4.78, 5) is 11.2. The lowest BCUT2D eigenvalue weighted by Gasteiger charge is -2.28. The molecule has 0 aromatic heterocycles. The molecule has 0 heterocycles. The fraction of sp³-hybridized carbons (Fsp3) is 0.929. The van der Waals surface area contributed by atoms with Crippen LogP contribution in [0.4, 0.5) is 0 Å². The fourth-order valence-electron chi connectivity index (χ4n) is 2.47. The third-order valence-corrected chi connectivity index (χ3v) is 3.17. The van der Waals surface area contributed by atoms with E-state index in [2.05, 4.69) is 20.8 Å². The number of hydrogen-bond acceptors (Lipinski definition) is 2. The zero-order chi connectivity index (χ0) is 12.4. The summed E-state index contributed by atoms with van der Waals surface area (Å²) in [5.74, 6) is -0.0437. The van der Waals surface area contributed by atoms with Crippen molar-refractivity contribution in [2.24, 2.45) is 5.41 Å².